The van der Waals surface area contributed by atoms with E-state index >= 15 is 0 Å². The van der Waals surface area contributed by atoms with E-state index in [4.69, 9.17) is 0 Å². The lowest BCUT2D eigenvalue weighted by Crippen LogP contribution is -2.26. The van der Waals surface area contributed by atoms with Crippen LogP contribution in [0, 0.1) is 0 Å². The quantitative estimate of drug-likeness (QED) is 0.711. The first kappa shape index (κ1) is 16.6. The summed E-state index contributed by atoms with van der Waals surface area (Å²) in [5.41, 5.74) is 0.691. The van der Waals surface area contributed by atoms with Gasteiger partial charge in [-0.1, -0.05) is 26.0 Å². The molecule has 1 heterocycles. The van der Waals surface area contributed by atoms with Crippen molar-refractivity contribution in [3.05, 3.63) is 40.9 Å². The first-order chi connectivity index (χ1) is 9.49. The third-order valence-electron chi connectivity index (χ3n) is 2.86. The number of thiazole rings is 1. The van der Waals surface area contributed by atoms with Gasteiger partial charge in [-0.2, -0.15) is 0 Å². The van der Waals surface area contributed by atoms with Gasteiger partial charge in [0.05, 0.1) is 10.7 Å². The van der Waals surface area contributed by atoms with Gasteiger partial charge >= 0.3 is 5.97 Å². The highest BCUT2D eigenvalue weighted by atomic mass is 32.1. The zero-order valence-electron chi connectivity index (χ0n) is 12.1. The topological polar surface area (TPSA) is 53.4 Å². The minimum Gasteiger partial charge on any atom is -0.477 e. The van der Waals surface area contributed by atoms with Crippen LogP contribution in [0.15, 0.2) is 25.3 Å². The summed E-state index contributed by atoms with van der Waals surface area (Å²) in [5, 5.41) is 10.1. The molecule has 0 saturated heterocycles. The Morgan fingerprint density at radius 1 is 1.40 bits per heavy atom. The van der Waals surface area contributed by atoms with Crippen LogP contribution in [0.2, 0.25) is 0 Å². The number of rotatable bonds is 9. The summed E-state index contributed by atoms with van der Waals surface area (Å²) in [5.74, 6) is -0.755. The Bertz CT molecular complexity index is 470. The lowest BCUT2D eigenvalue weighted by atomic mass is 10.1. The van der Waals surface area contributed by atoms with Gasteiger partial charge in [0.15, 0.2) is 0 Å². The molecule has 1 aromatic heterocycles. The molecular formula is C15H22N2O2S. The molecule has 0 unspecified atom stereocenters. The summed E-state index contributed by atoms with van der Waals surface area (Å²) in [6.07, 6.45) is 4.46. The van der Waals surface area contributed by atoms with Crippen molar-refractivity contribution in [2.45, 2.75) is 26.2 Å². The van der Waals surface area contributed by atoms with Gasteiger partial charge in [-0.05, 0) is 5.92 Å². The standard InChI is InChI=1S/C15H22N2O2S/c1-5-8-17(9-6-2)10-7-12-16-13(11(3)4)14(20-12)15(18)19/h5-6,11H,1-2,7-10H2,3-4H3,(H,18,19). The zero-order valence-corrected chi connectivity index (χ0v) is 12.9. The van der Waals surface area contributed by atoms with E-state index in [9.17, 15) is 9.90 Å². The lowest BCUT2D eigenvalue weighted by Gasteiger charge is -2.17. The first-order valence-electron chi connectivity index (χ1n) is 6.66. The van der Waals surface area contributed by atoms with Gasteiger partial charge < -0.3 is 5.11 Å². The van der Waals surface area contributed by atoms with Crippen molar-refractivity contribution in [3.8, 4) is 0 Å². The molecule has 0 radical (unpaired) electrons. The third-order valence-corrected chi connectivity index (χ3v) is 3.97. The van der Waals surface area contributed by atoms with Crippen molar-refractivity contribution >= 4 is 17.3 Å². The normalized spacial score (nSPS) is 11.0. The maximum atomic E-state index is 11.2. The number of aromatic carboxylic acids is 1. The molecule has 0 fully saturated rings. The van der Waals surface area contributed by atoms with Gasteiger partial charge in [0.1, 0.15) is 4.88 Å². The molecule has 0 atom stereocenters. The average molecular weight is 294 g/mol. The number of hydrogen-bond acceptors (Lipinski definition) is 4. The van der Waals surface area contributed by atoms with Crippen molar-refractivity contribution in [2.24, 2.45) is 0 Å². The van der Waals surface area contributed by atoms with Crippen LogP contribution in [0.4, 0.5) is 0 Å². The SMILES string of the molecule is C=CCN(CC=C)CCc1nc(C(C)C)c(C(=O)O)s1. The van der Waals surface area contributed by atoms with E-state index < -0.39 is 5.97 Å². The molecule has 0 amide bonds. The van der Waals surface area contributed by atoms with Crippen LogP contribution in [0.1, 0.15) is 40.1 Å². The molecular weight excluding hydrogens is 272 g/mol. The summed E-state index contributed by atoms with van der Waals surface area (Å²) < 4.78 is 0. The Morgan fingerprint density at radius 2 is 2.00 bits per heavy atom. The minimum atomic E-state index is -0.883. The maximum Gasteiger partial charge on any atom is 0.347 e. The van der Waals surface area contributed by atoms with E-state index in [1.165, 1.54) is 11.3 Å². The number of nitrogens with zero attached hydrogens (tertiary/aromatic N) is 2. The molecule has 0 aliphatic heterocycles. The summed E-state index contributed by atoms with van der Waals surface area (Å²) in [6.45, 7) is 13.8. The van der Waals surface area contributed by atoms with Gasteiger partial charge in [-0.3, -0.25) is 4.90 Å². The zero-order chi connectivity index (χ0) is 15.1. The minimum absolute atomic E-state index is 0.128. The number of hydrogen-bond donors (Lipinski definition) is 1. The van der Waals surface area contributed by atoms with Crippen LogP contribution in [-0.2, 0) is 6.42 Å². The van der Waals surface area contributed by atoms with Gasteiger partial charge in [-0.25, -0.2) is 9.78 Å². The highest BCUT2D eigenvalue weighted by Gasteiger charge is 2.19. The smallest absolute Gasteiger partial charge is 0.347 e. The van der Waals surface area contributed by atoms with E-state index in [2.05, 4.69) is 23.0 Å². The Morgan fingerprint density at radius 3 is 2.40 bits per heavy atom. The van der Waals surface area contributed by atoms with Crippen molar-refractivity contribution in [2.75, 3.05) is 19.6 Å². The molecule has 0 aliphatic carbocycles. The van der Waals surface area contributed by atoms with Crippen LogP contribution >= 0.6 is 11.3 Å². The van der Waals surface area contributed by atoms with E-state index in [0.29, 0.717) is 10.6 Å². The summed E-state index contributed by atoms with van der Waals surface area (Å²) in [4.78, 5) is 18.3. The Labute approximate surface area is 124 Å². The van der Waals surface area contributed by atoms with Crippen molar-refractivity contribution in [1.29, 1.82) is 0 Å². The van der Waals surface area contributed by atoms with Gasteiger partial charge in [0, 0.05) is 26.1 Å². The fraction of sp³-hybridized carbons (Fsp3) is 0.467. The van der Waals surface area contributed by atoms with Crippen LogP contribution in [0.5, 0.6) is 0 Å². The Hall–Kier alpha value is -1.46. The number of aromatic nitrogens is 1. The Kier molecular flexibility index (Phi) is 6.61. The van der Waals surface area contributed by atoms with Gasteiger partial charge in [0.2, 0.25) is 0 Å². The van der Waals surface area contributed by atoms with Gasteiger partial charge in [-0.15, -0.1) is 24.5 Å². The average Bonchev–Trinajstić information content (AvgIpc) is 2.81. The second kappa shape index (κ2) is 7.97. The summed E-state index contributed by atoms with van der Waals surface area (Å²) >= 11 is 1.29. The number of carboxylic acids is 1. The molecule has 20 heavy (non-hydrogen) atoms. The molecule has 1 aromatic rings. The molecule has 1 N–H and O–H groups in total. The molecule has 0 aliphatic rings. The lowest BCUT2D eigenvalue weighted by molar-refractivity contribution is 0.0700. The second-order valence-corrected chi connectivity index (χ2v) is 5.95. The third kappa shape index (κ3) is 4.58. The predicted octanol–water partition coefficient (Wildman–Crippen LogP) is 3.18. The van der Waals surface area contributed by atoms with Crippen LogP contribution in [-0.4, -0.2) is 40.6 Å². The van der Waals surface area contributed by atoms with E-state index in [-0.39, 0.29) is 5.92 Å². The van der Waals surface area contributed by atoms with Crippen LogP contribution in [0.25, 0.3) is 0 Å². The van der Waals surface area contributed by atoms with Crippen molar-refractivity contribution in [1.82, 2.24) is 9.88 Å². The highest BCUT2D eigenvalue weighted by molar-refractivity contribution is 7.13. The molecule has 1 rings (SSSR count). The van der Waals surface area contributed by atoms with Crippen molar-refractivity contribution < 1.29 is 9.90 Å². The fourth-order valence-electron chi connectivity index (χ4n) is 1.91. The largest absolute Gasteiger partial charge is 0.477 e. The summed E-state index contributed by atoms with van der Waals surface area (Å²) in [6, 6.07) is 0. The first-order valence-corrected chi connectivity index (χ1v) is 7.48. The van der Waals surface area contributed by atoms with E-state index in [1.807, 2.05) is 26.0 Å². The molecule has 0 saturated carbocycles. The monoisotopic (exact) mass is 294 g/mol. The van der Waals surface area contributed by atoms with Crippen LogP contribution < -0.4 is 0 Å². The van der Waals surface area contributed by atoms with E-state index in [0.717, 1.165) is 31.1 Å². The fourth-order valence-corrected chi connectivity index (χ4v) is 2.95. The summed E-state index contributed by atoms with van der Waals surface area (Å²) in [7, 11) is 0. The van der Waals surface area contributed by atoms with E-state index in [1.54, 1.807) is 0 Å². The molecule has 5 heteroatoms. The van der Waals surface area contributed by atoms with Crippen molar-refractivity contribution in [3.63, 3.8) is 0 Å². The highest BCUT2D eigenvalue weighted by Crippen LogP contribution is 2.25. The maximum absolute atomic E-state index is 11.2. The molecule has 0 bridgehead atoms. The predicted molar refractivity (Wildman–Crippen MR) is 83.7 cm³/mol. The van der Waals surface area contributed by atoms with Crippen LogP contribution in [0.3, 0.4) is 0 Å². The molecule has 110 valence electrons. The molecule has 4 nitrogen and oxygen atoms in total. The molecule has 0 aromatic carbocycles. The number of carbonyl (C=O) groups is 1. The van der Waals surface area contributed by atoms with Gasteiger partial charge in [0.25, 0.3) is 0 Å². The second-order valence-electron chi connectivity index (χ2n) is 4.87. The number of carboxylic acid groups (broad SMARTS) is 1. The molecule has 0 spiro atoms. The Balaban J connectivity index is 2.77.